The van der Waals surface area contributed by atoms with Crippen LogP contribution in [0.25, 0.3) is 0 Å². The molecule has 0 aliphatic heterocycles. The summed E-state index contributed by atoms with van der Waals surface area (Å²) in [6.07, 6.45) is 0.660. The van der Waals surface area contributed by atoms with Gasteiger partial charge >= 0.3 is 0 Å². The molecule has 2 aromatic rings. The van der Waals surface area contributed by atoms with Gasteiger partial charge in [0.25, 0.3) is 5.91 Å². The van der Waals surface area contributed by atoms with E-state index in [4.69, 9.17) is 21.1 Å². The Morgan fingerprint density at radius 2 is 1.69 bits per heavy atom. The number of carbonyl (C=O) groups excluding carboxylic acids is 2. The molecule has 0 atom stereocenters. The van der Waals surface area contributed by atoms with Crippen molar-refractivity contribution in [1.82, 2.24) is 10.6 Å². The van der Waals surface area contributed by atoms with Crippen molar-refractivity contribution in [2.24, 2.45) is 0 Å². The summed E-state index contributed by atoms with van der Waals surface area (Å²) < 4.78 is 10.3. The van der Waals surface area contributed by atoms with Crippen LogP contribution in [0.2, 0.25) is 5.02 Å². The lowest BCUT2D eigenvalue weighted by Crippen LogP contribution is -2.37. The molecule has 2 rings (SSSR count). The van der Waals surface area contributed by atoms with Gasteiger partial charge < -0.3 is 20.1 Å². The second-order valence-electron chi connectivity index (χ2n) is 5.51. The van der Waals surface area contributed by atoms with Crippen LogP contribution in [-0.2, 0) is 11.2 Å². The Kier molecular flexibility index (Phi) is 7.29. The van der Waals surface area contributed by atoms with Gasteiger partial charge in [-0.2, -0.15) is 0 Å². The van der Waals surface area contributed by atoms with Gasteiger partial charge in [-0.15, -0.1) is 0 Å². The molecule has 0 saturated heterocycles. The standard InChI is InChI=1S/C19H21ClN2O4/c1-25-16-9-14(10-17(11-16)26-2)19(24)22-12-18(23)21-7-6-13-4-3-5-15(20)8-13/h3-5,8-11H,6-7,12H2,1-2H3,(H,21,23)(H,22,24). The molecule has 0 unspecified atom stereocenters. The Balaban J connectivity index is 1.80. The number of amides is 2. The molecule has 0 radical (unpaired) electrons. The SMILES string of the molecule is COc1cc(OC)cc(C(=O)NCC(=O)NCCc2cccc(Cl)c2)c1. The van der Waals surface area contributed by atoms with Gasteiger partial charge in [-0.05, 0) is 36.2 Å². The molecule has 0 aromatic heterocycles. The van der Waals surface area contributed by atoms with E-state index in [2.05, 4.69) is 10.6 Å². The number of rotatable bonds is 8. The smallest absolute Gasteiger partial charge is 0.251 e. The van der Waals surface area contributed by atoms with E-state index < -0.39 is 0 Å². The van der Waals surface area contributed by atoms with Crippen molar-refractivity contribution in [1.29, 1.82) is 0 Å². The number of methoxy groups -OCH3 is 2. The number of carbonyl (C=O) groups is 2. The first-order chi connectivity index (χ1) is 12.5. The van der Waals surface area contributed by atoms with Crippen LogP contribution in [0.3, 0.4) is 0 Å². The Bertz CT molecular complexity index is 758. The summed E-state index contributed by atoms with van der Waals surface area (Å²) in [6, 6.07) is 12.3. The van der Waals surface area contributed by atoms with E-state index in [1.807, 2.05) is 18.2 Å². The van der Waals surface area contributed by atoms with Crippen LogP contribution >= 0.6 is 11.6 Å². The molecule has 0 saturated carbocycles. The van der Waals surface area contributed by atoms with E-state index in [-0.39, 0.29) is 18.4 Å². The summed E-state index contributed by atoms with van der Waals surface area (Å²) in [5, 5.41) is 5.99. The summed E-state index contributed by atoms with van der Waals surface area (Å²) in [4.78, 5) is 24.1. The van der Waals surface area contributed by atoms with Crippen LogP contribution in [0, 0.1) is 0 Å². The minimum Gasteiger partial charge on any atom is -0.497 e. The molecule has 2 aromatic carbocycles. The summed E-state index contributed by atoms with van der Waals surface area (Å²) in [5.74, 6) is 0.350. The zero-order valence-corrected chi connectivity index (χ0v) is 15.4. The highest BCUT2D eigenvalue weighted by Crippen LogP contribution is 2.22. The van der Waals surface area contributed by atoms with Crippen LogP contribution < -0.4 is 20.1 Å². The summed E-state index contributed by atoms with van der Waals surface area (Å²) in [5.41, 5.74) is 1.39. The average Bonchev–Trinajstić information content (AvgIpc) is 2.65. The Morgan fingerprint density at radius 1 is 1.00 bits per heavy atom. The topological polar surface area (TPSA) is 76.7 Å². The monoisotopic (exact) mass is 376 g/mol. The van der Waals surface area contributed by atoms with Gasteiger partial charge in [0.1, 0.15) is 11.5 Å². The Morgan fingerprint density at radius 3 is 2.31 bits per heavy atom. The van der Waals surface area contributed by atoms with Crippen LogP contribution in [0.5, 0.6) is 11.5 Å². The third-order valence-electron chi connectivity index (χ3n) is 3.65. The molecule has 0 aliphatic carbocycles. The van der Waals surface area contributed by atoms with Gasteiger partial charge in [0.2, 0.25) is 5.91 Å². The van der Waals surface area contributed by atoms with Crippen molar-refractivity contribution in [3.8, 4) is 11.5 Å². The van der Waals surface area contributed by atoms with Gasteiger partial charge in [0.15, 0.2) is 0 Å². The maximum atomic E-state index is 12.2. The lowest BCUT2D eigenvalue weighted by Gasteiger charge is -2.10. The molecule has 0 bridgehead atoms. The third-order valence-corrected chi connectivity index (χ3v) is 3.88. The van der Waals surface area contributed by atoms with Crippen LogP contribution in [-0.4, -0.2) is 39.1 Å². The third kappa shape index (κ3) is 5.97. The van der Waals surface area contributed by atoms with Crippen LogP contribution in [0.15, 0.2) is 42.5 Å². The Hall–Kier alpha value is -2.73. The molecular formula is C19H21ClN2O4. The van der Waals surface area contributed by atoms with Gasteiger partial charge in [-0.1, -0.05) is 23.7 Å². The summed E-state index contributed by atoms with van der Waals surface area (Å²) in [7, 11) is 3.01. The number of halogens is 1. The van der Waals surface area contributed by atoms with Crippen molar-refractivity contribution in [3.63, 3.8) is 0 Å². The van der Waals surface area contributed by atoms with Crippen molar-refractivity contribution >= 4 is 23.4 Å². The van der Waals surface area contributed by atoms with E-state index in [1.165, 1.54) is 14.2 Å². The second-order valence-corrected chi connectivity index (χ2v) is 5.95. The zero-order valence-electron chi connectivity index (χ0n) is 14.7. The van der Waals surface area contributed by atoms with Crippen molar-refractivity contribution in [3.05, 3.63) is 58.6 Å². The van der Waals surface area contributed by atoms with Crippen molar-refractivity contribution in [2.75, 3.05) is 27.3 Å². The molecular weight excluding hydrogens is 356 g/mol. The highest BCUT2D eigenvalue weighted by Gasteiger charge is 2.11. The van der Waals surface area contributed by atoms with E-state index in [0.717, 1.165) is 5.56 Å². The fraction of sp³-hybridized carbons (Fsp3) is 0.263. The molecule has 138 valence electrons. The normalized spacial score (nSPS) is 10.1. The van der Waals surface area contributed by atoms with Gasteiger partial charge in [-0.3, -0.25) is 9.59 Å². The van der Waals surface area contributed by atoms with Crippen molar-refractivity contribution in [2.45, 2.75) is 6.42 Å². The maximum Gasteiger partial charge on any atom is 0.251 e. The number of hydrogen-bond donors (Lipinski definition) is 2. The van der Waals surface area contributed by atoms with Gasteiger partial charge in [0, 0.05) is 23.2 Å². The van der Waals surface area contributed by atoms with Gasteiger partial charge in [-0.25, -0.2) is 0 Å². The summed E-state index contributed by atoms with van der Waals surface area (Å²) >= 11 is 5.92. The largest absolute Gasteiger partial charge is 0.497 e. The average molecular weight is 377 g/mol. The molecule has 0 aliphatic rings. The first-order valence-corrected chi connectivity index (χ1v) is 8.42. The maximum absolute atomic E-state index is 12.2. The number of nitrogens with one attached hydrogen (secondary N) is 2. The molecule has 2 amide bonds. The molecule has 26 heavy (non-hydrogen) atoms. The molecule has 7 heteroatoms. The predicted octanol–water partition coefficient (Wildman–Crippen LogP) is 2.45. The van der Waals surface area contributed by atoms with E-state index in [0.29, 0.717) is 35.1 Å². The minimum atomic E-state index is -0.382. The molecule has 6 nitrogen and oxygen atoms in total. The highest BCUT2D eigenvalue weighted by molar-refractivity contribution is 6.30. The highest BCUT2D eigenvalue weighted by atomic mass is 35.5. The molecule has 0 spiro atoms. The lowest BCUT2D eigenvalue weighted by atomic mass is 10.1. The second kappa shape index (κ2) is 9.68. The first-order valence-electron chi connectivity index (χ1n) is 8.04. The predicted molar refractivity (Wildman–Crippen MR) is 100 cm³/mol. The number of ether oxygens (including phenoxy) is 2. The molecule has 2 N–H and O–H groups in total. The number of benzene rings is 2. The summed E-state index contributed by atoms with van der Waals surface area (Å²) in [6.45, 7) is 0.343. The lowest BCUT2D eigenvalue weighted by molar-refractivity contribution is -0.120. The first kappa shape index (κ1) is 19.6. The minimum absolute atomic E-state index is 0.117. The fourth-order valence-electron chi connectivity index (χ4n) is 2.30. The van der Waals surface area contributed by atoms with Crippen LogP contribution in [0.4, 0.5) is 0 Å². The zero-order chi connectivity index (χ0) is 18.9. The van der Waals surface area contributed by atoms with E-state index in [9.17, 15) is 9.59 Å². The Labute approximate surface area is 157 Å². The van der Waals surface area contributed by atoms with E-state index in [1.54, 1.807) is 24.3 Å². The molecule has 0 heterocycles. The van der Waals surface area contributed by atoms with Crippen LogP contribution in [0.1, 0.15) is 15.9 Å². The quantitative estimate of drug-likeness (QED) is 0.742. The molecule has 0 fully saturated rings. The fourth-order valence-corrected chi connectivity index (χ4v) is 2.52. The number of hydrogen-bond acceptors (Lipinski definition) is 4. The van der Waals surface area contributed by atoms with Crippen molar-refractivity contribution < 1.29 is 19.1 Å². The van der Waals surface area contributed by atoms with E-state index >= 15 is 0 Å². The van der Waals surface area contributed by atoms with Gasteiger partial charge in [0.05, 0.1) is 20.8 Å².